The summed E-state index contributed by atoms with van der Waals surface area (Å²) in [5.74, 6) is 0.951. The third-order valence-corrected chi connectivity index (χ3v) is 8.74. The summed E-state index contributed by atoms with van der Waals surface area (Å²) in [5, 5.41) is 0. The molecule has 0 fully saturated rings. The lowest BCUT2D eigenvalue weighted by Crippen LogP contribution is -2.40. The Morgan fingerprint density at radius 2 is 1.89 bits per heavy atom. The van der Waals surface area contributed by atoms with Crippen LogP contribution in [0.15, 0.2) is 55.9 Å². The van der Waals surface area contributed by atoms with Crippen molar-refractivity contribution < 1.29 is 19.0 Å². The van der Waals surface area contributed by atoms with E-state index in [-0.39, 0.29) is 12.2 Å². The van der Waals surface area contributed by atoms with Crippen molar-refractivity contribution in [3.63, 3.8) is 0 Å². The van der Waals surface area contributed by atoms with Crippen molar-refractivity contribution in [2.45, 2.75) is 19.9 Å². The SMILES string of the molecule is CCOC(=O)C1=C(C)N=c2s/c(=C/c3cc(I)c(OC)c(I)c3)c(=O)n2[C@@H]1c1ccc(OC)c(Br)c1. The summed E-state index contributed by atoms with van der Waals surface area (Å²) in [4.78, 5) is 32.0. The summed E-state index contributed by atoms with van der Waals surface area (Å²) >= 11 is 9.25. The first kappa shape index (κ1) is 27.3. The quantitative estimate of drug-likeness (QED) is 0.265. The zero-order valence-electron chi connectivity index (χ0n) is 19.7. The summed E-state index contributed by atoms with van der Waals surface area (Å²) < 4.78 is 20.9. The Balaban J connectivity index is 1.96. The van der Waals surface area contributed by atoms with Crippen LogP contribution in [0.3, 0.4) is 0 Å². The normalized spacial score (nSPS) is 15.4. The Bertz CT molecular complexity index is 1550. The number of hydrogen-bond acceptors (Lipinski definition) is 7. The van der Waals surface area contributed by atoms with Gasteiger partial charge in [0.15, 0.2) is 4.80 Å². The Morgan fingerprint density at radius 1 is 1.19 bits per heavy atom. The first-order valence-corrected chi connectivity index (χ1v) is 14.5. The number of benzene rings is 2. The van der Waals surface area contributed by atoms with Crippen LogP contribution in [-0.2, 0) is 9.53 Å². The number of esters is 1. The molecule has 0 amide bonds. The van der Waals surface area contributed by atoms with Crippen LogP contribution in [0.25, 0.3) is 6.08 Å². The second-order valence-electron chi connectivity index (χ2n) is 7.71. The number of halogens is 3. The Kier molecular flexibility index (Phi) is 8.62. The lowest BCUT2D eigenvalue weighted by Gasteiger charge is -2.25. The Hall–Kier alpha value is -1.71. The molecule has 188 valence electrons. The fourth-order valence-electron chi connectivity index (χ4n) is 3.97. The van der Waals surface area contributed by atoms with Gasteiger partial charge in [0, 0.05) is 0 Å². The fraction of sp³-hybridized carbons (Fsp3) is 0.240. The minimum absolute atomic E-state index is 0.216. The van der Waals surface area contributed by atoms with Gasteiger partial charge in [-0.1, -0.05) is 17.4 Å². The number of fused-ring (bicyclic) bond motifs is 1. The van der Waals surface area contributed by atoms with Crippen molar-refractivity contribution in [1.29, 1.82) is 0 Å². The number of thiazole rings is 1. The molecule has 0 radical (unpaired) electrons. The van der Waals surface area contributed by atoms with Gasteiger partial charge in [0.05, 0.1) is 54.3 Å². The first-order valence-electron chi connectivity index (χ1n) is 10.8. The van der Waals surface area contributed by atoms with E-state index in [0.717, 1.165) is 24.0 Å². The number of rotatable bonds is 6. The highest BCUT2D eigenvalue weighted by Gasteiger charge is 2.33. The van der Waals surface area contributed by atoms with Gasteiger partial charge in [0.1, 0.15) is 11.5 Å². The van der Waals surface area contributed by atoms with E-state index in [1.165, 1.54) is 11.3 Å². The van der Waals surface area contributed by atoms with Crippen molar-refractivity contribution >= 4 is 84.5 Å². The van der Waals surface area contributed by atoms with E-state index < -0.39 is 12.0 Å². The number of ether oxygens (including phenoxy) is 3. The van der Waals surface area contributed by atoms with E-state index in [1.807, 2.05) is 30.3 Å². The molecule has 2 heterocycles. The third-order valence-electron chi connectivity index (χ3n) is 5.53. The number of hydrogen-bond donors (Lipinski definition) is 0. The Labute approximate surface area is 247 Å². The molecule has 2 aromatic carbocycles. The third kappa shape index (κ3) is 5.16. The molecule has 36 heavy (non-hydrogen) atoms. The molecule has 4 rings (SSSR count). The van der Waals surface area contributed by atoms with Crippen molar-refractivity contribution in [3.05, 3.63) is 84.0 Å². The Morgan fingerprint density at radius 3 is 2.47 bits per heavy atom. The van der Waals surface area contributed by atoms with Gasteiger partial charge in [0.2, 0.25) is 0 Å². The van der Waals surface area contributed by atoms with Crippen LogP contribution in [0, 0.1) is 7.14 Å². The minimum atomic E-state index is -0.694. The van der Waals surface area contributed by atoms with Gasteiger partial charge < -0.3 is 14.2 Å². The predicted octanol–water partition coefficient (Wildman–Crippen LogP) is 4.79. The number of methoxy groups -OCH3 is 2. The lowest BCUT2D eigenvalue weighted by atomic mass is 9.96. The van der Waals surface area contributed by atoms with Gasteiger partial charge in [-0.15, -0.1) is 0 Å². The average molecular weight is 795 g/mol. The fourth-order valence-corrected chi connectivity index (χ4v) is 7.83. The molecule has 0 aliphatic carbocycles. The van der Waals surface area contributed by atoms with Crippen LogP contribution >= 0.6 is 72.4 Å². The maximum absolute atomic E-state index is 13.8. The molecule has 0 N–H and O–H groups in total. The van der Waals surface area contributed by atoms with Gasteiger partial charge in [-0.2, -0.15) is 0 Å². The van der Waals surface area contributed by atoms with Gasteiger partial charge in [0.25, 0.3) is 5.56 Å². The topological polar surface area (TPSA) is 79.1 Å². The lowest BCUT2D eigenvalue weighted by molar-refractivity contribution is -0.139. The van der Waals surface area contributed by atoms with Gasteiger partial charge in [-0.3, -0.25) is 9.36 Å². The van der Waals surface area contributed by atoms with Crippen LogP contribution in [-0.4, -0.2) is 31.4 Å². The molecule has 7 nitrogen and oxygen atoms in total. The number of nitrogens with zero attached hydrogens (tertiary/aromatic N) is 2. The van der Waals surface area contributed by atoms with Crippen LogP contribution in [0.1, 0.15) is 31.0 Å². The second-order valence-corrected chi connectivity index (χ2v) is 11.9. The molecule has 0 saturated carbocycles. The molecule has 3 aromatic rings. The number of carbonyl (C=O) groups is 1. The number of allylic oxidation sites excluding steroid dienone is 1. The van der Waals surface area contributed by atoms with Crippen molar-refractivity contribution in [3.8, 4) is 11.5 Å². The molecule has 1 atom stereocenters. The maximum atomic E-state index is 13.8. The summed E-state index contributed by atoms with van der Waals surface area (Å²) in [6, 6.07) is 8.74. The molecule has 1 aliphatic rings. The van der Waals surface area contributed by atoms with Crippen LogP contribution in [0.5, 0.6) is 11.5 Å². The van der Waals surface area contributed by atoms with E-state index in [1.54, 1.807) is 38.7 Å². The largest absolute Gasteiger partial charge is 0.496 e. The van der Waals surface area contributed by atoms with Gasteiger partial charge in [-0.05, 0) is 116 Å². The number of carbonyl (C=O) groups excluding carboxylic acids is 1. The molecule has 1 aliphatic heterocycles. The molecule has 0 unspecified atom stereocenters. The molecule has 0 spiro atoms. The van der Waals surface area contributed by atoms with E-state index in [2.05, 4.69) is 66.1 Å². The highest BCUT2D eigenvalue weighted by atomic mass is 127. The molecular weight excluding hydrogens is 774 g/mol. The van der Waals surface area contributed by atoms with E-state index in [4.69, 9.17) is 14.2 Å². The van der Waals surface area contributed by atoms with E-state index in [0.29, 0.717) is 30.8 Å². The summed E-state index contributed by atoms with van der Waals surface area (Å²) in [6.07, 6.45) is 1.85. The van der Waals surface area contributed by atoms with Gasteiger partial charge in [-0.25, -0.2) is 9.79 Å². The summed E-state index contributed by atoms with van der Waals surface area (Å²) in [7, 11) is 3.22. The standard InChI is InChI=1S/C25H21BrI2N2O5S/c1-5-35-24(32)20-12(2)29-25-30(21(20)14-6-7-18(33-3)15(26)11-14)23(31)19(36-25)10-13-8-16(27)22(34-4)17(28)9-13/h6-11,21H,5H2,1-4H3/b19-10+/t21-/m1/s1. The molecule has 0 bridgehead atoms. The molecule has 11 heteroatoms. The zero-order valence-corrected chi connectivity index (χ0v) is 26.4. The average Bonchev–Trinajstić information content (AvgIpc) is 3.12. The first-order chi connectivity index (χ1) is 17.2. The van der Waals surface area contributed by atoms with Gasteiger partial charge >= 0.3 is 5.97 Å². The predicted molar refractivity (Wildman–Crippen MR) is 160 cm³/mol. The minimum Gasteiger partial charge on any atom is -0.496 e. The van der Waals surface area contributed by atoms with E-state index >= 15 is 0 Å². The van der Waals surface area contributed by atoms with Crippen LogP contribution in [0.4, 0.5) is 0 Å². The van der Waals surface area contributed by atoms with Crippen LogP contribution in [0.2, 0.25) is 0 Å². The highest BCUT2D eigenvalue weighted by Crippen LogP contribution is 2.35. The summed E-state index contributed by atoms with van der Waals surface area (Å²) in [6.45, 7) is 3.73. The van der Waals surface area contributed by atoms with Crippen molar-refractivity contribution in [2.75, 3.05) is 20.8 Å². The number of aromatic nitrogens is 1. The van der Waals surface area contributed by atoms with Crippen LogP contribution < -0.4 is 24.4 Å². The molecule has 0 saturated heterocycles. The zero-order chi connectivity index (χ0) is 26.1. The van der Waals surface area contributed by atoms with E-state index in [9.17, 15) is 9.59 Å². The maximum Gasteiger partial charge on any atom is 0.338 e. The second kappa shape index (κ2) is 11.4. The monoisotopic (exact) mass is 794 g/mol. The summed E-state index contributed by atoms with van der Waals surface area (Å²) in [5.41, 5.74) is 2.24. The van der Waals surface area contributed by atoms with Crippen molar-refractivity contribution in [1.82, 2.24) is 4.57 Å². The smallest absolute Gasteiger partial charge is 0.338 e. The molecular formula is C25H21BrI2N2O5S. The highest BCUT2D eigenvalue weighted by molar-refractivity contribution is 14.1. The van der Waals surface area contributed by atoms with Crippen molar-refractivity contribution in [2.24, 2.45) is 4.99 Å². The molecule has 1 aromatic heterocycles.